The van der Waals surface area contributed by atoms with Crippen molar-refractivity contribution in [2.45, 2.75) is 64.6 Å². The number of hydrogen-bond acceptors (Lipinski definition) is 3. The highest BCUT2D eigenvalue weighted by Crippen LogP contribution is 2.39. The molecule has 0 saturated carbocycles. The summed E-state index contributed by atoms with van der Waals surface area (Å²) in [6.45, 7) is 9.29. The molecule has 1 aliphatic heterocycles. The molecule has 1 saturated heterocycles. The lowest BCUT2D eigenvalue weighted by Crippen LogP contribution is -2.47. The lowest BCUT2D eigenvalue weighted by atomic mass is 9.86. The first-order valence-corrected chi connectivity index (χ1v) is 8.50. The Morgan fingerprint density at radius 2 is 2.30 bits per heavy atom. The second kappa shape index (κ2) is 7.05. The molecule has 20 heavy (non-hydrogen) atoms. The van der Waals surface area contributed by atoms with Crippen LogP contribution in [0.25, 0.3) is 0 Å². The van der Waals surface area contributed by atoms with Crippen molar-refractivity contribution >= 4 is 15.9 Å². The number of nitrogens with zero attached hydrogens (tertiary/aromatic N) is 2. The van der Waals surface area contributed by atoms with Gasteiger partial charge < -0.3 is 10.1 Å². The lowest BCUT2D eigenvalue weighted by molar-refractivity contribution is -0.0912. The van der Waals surface area contributed by atoms with Crippen LogP contribution in [0.3, 0.4) is 0 Å². The van der Waals surface area contributed by atoms with Gasteiger partial charge in [0, 0.05) is 13.2 Å². The van der Waals surface area contributed by atoms with Crippen molar-refractivity contribution in [1.82, 2.24) is 15.1 Å². The largest absolute Gasteiger partial charge is 0.373 e. The molecule has 0 aliphatic carbocycles. The SMILES string of the molecule is CCCn1ncc(Br)c1C(NCC)C1(C)CCCCO1. The summed E-state index contributed by atoms with van der Waals surface area (Å²) in [4.78, 5) is 0. The van der Waals surface area contributed by atoms with E-state index in [2.05, 4.69) is 51.8 Å². The smallest absolute Gasteiger partial charge is 0.0864 e. The Bertz CT molecular complexity index is 427. The van der Waals surface area contributed by atoms with Crippen LogP contribution in [0.4, 0.5) is 0 Å². The van der Waals surface area contributed by atoms with E-state index in [1.807, 2.05) is 6.20 Å². The van der Waals surface area contributed by atoms with Crippen molar-refractivity contribution in [1.29, 1.82) is 0 Å². The molecule has 5 heteroatoms. The van der Waals surface area contributed by atoms with E-state index in [0.29, 0.717) is 0 Å². The molecule has 4 nitrogen and oxygen atoms in total. The second-order valence-electron chi connectivity index (χ2n) is 5.71. The van der Waals surface area contributed by atoms with Crippen molar-refractivity contribution in [3.63, 3.8) is 0 Å². The van der Waals surface area contributed by atoms with Crippen molar-refractivity contribution in [2.24, 2.45) is 0 Å². The van der Waals surface area contributed by atoms with Gasteiger partial charge in [0.05, 0.1) is 28.0 Å². The molecule has 1 N–H and O–H groups in total. The quantitative estimate of drug-likeness (QED) is 0.856. The van der Waals surface area contributed by atoms with Crippen LogP contribution in [0.15, 0.2) is 10.7 Å². The van der Waals surface area contributed by atoms with E-state index in [0.717, 1.165) is 37.0 Å². The van der Waals surface area contributed by atoms with Crippen LogP contribution in [0.1, 0.15) is 58.2 Å². The van der Waals surface area contributed by atoms with Gasteiger partial charge in [-0.15, -0.1) is 0 Å². The van der Waals surface area contributed by atoms with Gasteiger partial charge in [-0.3, -0.25) is 4.68 Å². The first-order chi connectivity index (χ1) is 9.62. The molecule has 0 aromatic carbocycles. The average molecular weight is 344 g/mol. The number of ether oxygens (including phenoxy) is 1. The molecule has 2 heterocycles. The van der Waals surface area contributed by atoms with E-state index < -0.39 is 0 Å². The number of aromatic nitrogens is 2. The van der Waals surface area contributed by atoms with E-state index >= 15 is 0 Å². The minimum absolute atomic E-state index is 0.150. The van der Waals surface area contributed by atoms with Gasteiger partial charge in [0.25, 0.3) is 0 Å². The fraction of sp³-hybridized carbons (Fsp3) is 0.800. The van der Waals surface area contributed by atoms with Gasteiger partial charge in [0.1, 0.15) is 0 Å². The molecule has 2 rings (SSSR count). The minimum Gasteiger partial charge on any atom is -0.373 e. The molecule has 1 aliphatic rings. The maximum atomic E-state index is 6.17. The summed E-state index contributed by atoms with van der Waals surface area (Å²) < 4.78 is 9.36. The first kappa shape index (κ1) is 16.0. The first-order valence-electron chi connectivity index (χ1n) is 7.71. The van der Waals surface area contributed by atoms with E-state index in [1.165, 1.54) is 18.5 Å². The summed E-state index contributed by atoms with van der Waals surface area (Å²) in [5.41, 5.74) is 1.07. The van der Waals surface area contributed by atoms with Crippen LogP contribution in [-0.4, -0.2) is 28.5 Å². The van der Waals surface area contributed by atoms with Gasteiger partial charge in [-0.25, -0.2) is 0 Å². The van der Waals surface area contributed by atoms with E-state index in [1.54, 1.807) is 0 Å². The number of hydrogen-bond donors (Lipinski definition) is 1. The minimum atomic E-state index is -0.150. The topological polar surface area (TPSA) is 39.1 Å². The molecule has 0 radical (unpaired) electrons. The zero-order valence-electron chi connectivity index (χ0n) is 12.8. The molecule has 1 aromatic heterocycles. The third-order valence-electron chi connectivity index (χ3n) is 4.06. The maximum absolute atomic E-state index is 6.17. The summed E-state index contributed by atoms with van der Waals surface area (Å²) in [5, 5.41) is 8.13. The Balaban J connectivity index is 2.34. The third kappa shape index (κ3) is 3.26. The van der Waals surface area contributed by atoms with Crippen LogP contribution < -0.4 is 5.32 Å². The van der Waals surface area contributed by atoms with Crippen molar-refractivity contribution in [2.75, 3.05) is 13.2 Å². The summed E-state index contributed by atoms with van der Waals surface area (Å²) >= 11 is 3.67. The van der Waals surface area contributed by atoms with Crippen LogP contribution in [0, 0.1) is 0 Å². The zero-order chi connectivity index (χ0) is 14.6. The normalized spacial score (nSPS) is 24.8. The predicted molar refractivity (Wildman–Crippen MR) is 84.8 cm³/mol. The monoisotopic (exact) mass is 343 g/mol. The Morgan fingerprint density at radius 1 is 1.50 bits per heavy atom. The maximum Gasteiger partial charge on any atom is 0.0864 e. The van der Waals surface area contributed by atoms with Crippen LogP contribution >= 0.6 is 15.9 Å². The Kier molecular flexibility index (Phi) is 5.64. The molecular formula is C15H26BrN3O. The molecule has 2 atom stereocenters. The zero-order valence-corrected chi connectivity index (χ0v) is 14.4. The van der Waals surface area contributed by atoms with E-state index in [4.69, 9.17) is 4.74 Å². The summed E-state index contributed by atoms with van der Waals surface area (Å²) in [6, 6.07) is 0.177. The van der Waals surface area contributed by atoms with E-state index in [-0.39, 0.29) is 11.6 Å². The predicted octanol–water partition coefficient (Wildman–Crippen LogP) is 3.67. The van der Waals surface area contributed by atoms with Gasteiger partial charge in [-0.2, -0.15) is 5.10 Å². The van der Waals surface area contributed by atoms with Gasteiger partial charge in [0.15, 0.2) is 0 Å². The fourth-order valence-corrected chi connectivity index (χ4v) is 3.56. The highest BCUT2D eigenvalue weighted by Gasteiger charge is 2.40. The fourth-order valence-electron chi connectivity index (χ4n) is 3.04. The van der Waals surface area contributed by atoms with E-state index in [9.17, 15) is 0 Å². The van der Waals surface area contributed by atoms with Crippen molar-refractivity contribution in [3.8, 4) is 0 Å². The standard InChI is InChI=1S/C15H26BrN3O/c1-4-9-19-13(12(16)11-18-19)14(17-5-2)15(3)8-6-7-10-20-15/h11,14,17H,4-10H2,1-3H3. The summed E-state index contributed by atoms with van der Waals surface area (Å²) in [5.74, 6) is 0. The second-order valence-corrected chi connectivity index (χ2v) is 6.56. The molecule has 1 fully saturated rings. The van der Waals surface area contributed by atoms with Crippen LogP contribution in [-0.2, 0) is 11.3 Å². The molecule has 0 bridgehead atoms. The Hall–Kier alpha value is -0.390. The van der Waals surface area contributed by atoms with Crippen LogP contribution in [0.5, 0.6) is 0 Å². The molecule has 2 unspecified atom stereocenters. The average Bonchev–Trinajstić information content (AvgIpc) is 2.78. The van der Waals surface area contributed by atoms with Gasteiger partial charge in [-0.05, 0) is 55.1 Å². The molecule has 0 amide bonds. The van der Waals surface area contributed by atoms with Gasteiger partial charge in [-0.1, -0.05) is 13.8 Å². The Labute approximate surface area is 130 Å². The van der Waals surface area contributed by atoms with Crippen molar-refractivity contribution in [3.05, 3.63) is 16.4 Å². The Morgan fingerprint density at radius 3 is 2.90 bits per heavy atom. The van der Waals surface area contributed by atoms with Crippen LogP contribution in [0.2, 0.25) is 0 Å². The molecule has 114 valence electrons. The van der Waals surface area contributed by atoms with Gasteiger partial charge in [0.2, 0.25) is 0 Å². The highest BCUT2D eigenvalue weighted by molar-refractivity contribution is 9.10. The number of aryl methyl sites for hydroxylation is 1. The number of halogens is 1. The summed E-state index contributed by atoms with van der Waals surface area (Å²) in [7, 11) is 0. The third-order valence-corrected chi connectivity index (χ3v) is 4.67. The number of likely N-dealkylation sites (N-methyl/N-ethyl adjacent to an activating group) is 1. The summed E-state index contributed by atoms with van der Waals surface area (Å²) in [6.07, 6.45) is 6.48. The molecule has 0 spiro atoms. The molecular weight excluding hydrogens is 318 g/mol. The lowest BCUT2D eigenvalue weighted by Gasteiger charge is -2.41. The number of nitrogens with one attached hydrogen (secondary N) is 1. The van der Waals surface area contributed by atoms with Gasteiger partial charge >= 0.3 is 0 Å². The highest BCUT2D eigenvalue weighted by atomic mass is 79.9. The van der Waals surface area contributed by atoms with Crippen molar-refractivity contribution < 1.29 is 4.74 Å². The molecule has 1 aromatic rings. The number of rotatable bonds is 6.